The predicted octanol–water partition coefficient (Wildman–Crippen LogP) is 1.43. The fraction of sp³-hybridized carbons (Fsp3) is 0.643. The Morgan fingerprint density at radius 2 is 2.17 bits per heavy atom. The van der Waals surface area contributed by atoms with Crippen LogP contribution in [0.5, 0.6) is 0 Å². The second-order valence-corrected chi connectivity index (χ2v) is 4.92. The third-order valence-corrected chi connectivity index (χ3v) is 3.25. The molecular weight excluding hydrogens is 226 g/mol. The van der Waals surface area contributed by atoms with Gasteiger partial charge >= 0.3 is 0 Å². The Labute approximate surface area is 110 Å². The lowest BCUT2D eigenvalue weighted by molar-refractivity contribution is 0.0947. The van der Waals surface area contributed by atoms with Crippen LogP contribution in [-0.2, 0) is 11.3 Å². The molecule has 0 aromatic carbocycles. The Hall–Kier alpha value is -0.970. The molecule has 0 spiro atoms. The molecule has 0 radical (unpaired) electrons. The maximum Gasteiger partial charge on any atom is 0.0547 e. The minimum atomic E-state index is 0.312. The van der Waals surface area contributed by atoms with Crippen molar-refractivity contribution in [2.24, 2.45) is 11.7 Å². The molecule has 4 nitrogen and oxygen atoms in total. The van der Waals surface area contributed by atoms with Gasteiger partial charge in [-0.3, -0.25) is 9.88 Å². The van der Waals surface area contributed by atoms with E-state index in [1.807, 2.05) is 19.1 Å². The summed E-state index contributed by atoms with van der Waals surface area (Å²) in [4.78, 5) is 6.78. The number of likely N-dealkylation sites (N-methyl/N-ethyl adjacent to an activating group) is 1. The van der Waals surface area contributed by atoms with Gasteiger partial charge in [0.2, 0.25) is 0 Å². The van der Waals surface area contributed by atoms with E-state index in [4.69, 9.17) is 10.5 Å². The SMILES string of the molecule is COCC(C)C(CN)N(C)Cc1cccc(C)n1. The Kier molecular flexibility index (Phi) is 6.25. The number of nitrogens with zero attached hydrogens (tertiary/aromatic N) is 2. The molecule has 0 aliphatic rings. The molecule has 0 bridgehead atoms. The first-order valence-corrected chi connectivity index (χ1v) is 6.40. The minimum absolute atomic E-state index is 0.312. The second kappa shape index (κ2) is 7.46. The van der Waals surface area contributed by atoms with E-state index >= 15 is 0 Å². The maximum absolute atomic E-state index is 5.87. The molecule has 4 heteroatoms. The van der Waals surface area contributed by atoms with E-state index in [-0.39, 0.29) is 0 Å². The molecular formula is C14H25N3O. The highest BCUT2D eigenvalue weighted by Crippen LogP contribution is 2.12. The molecule has 1 aromatic heterocycles. The molecule has 0 aliphatic carbocycles. The van der Waals surface area contributed by atoms with Gasteiger partial charge in [0.1, 0.15) is 0 Å². The largest absolute Gasteiger partial charge is 0.384 e. The van der Waals surface area contributed by atoms with Crippen LogP contribution in [0.2, 0.25) is 0 Å². The van der Waals surface area contributed by atoms with Crippen LogP contribution < -0.4 is 5.73 Å². The molecule has 18 heavy (non-hydrogen) atoms. The van der Waals surface area contributed by atoms with Crippen LogP contribution in [0.4, 0.5) is 0 Å². The quantitative estimate of drug-likeness (QED) is 0.796. The summed E-state index contributed by atoms with van der Waals surface area (Å²) in [6, 6.07) is 6.42. The molecule has 0 saturated carbocycles. The van der Waals surface area contributed by atoms with Crippen molar-refractivity contribution in [3.05, 3.63) is 29.6 Å². The van der Waals surface area contributed by atoms with Crippen molar-refractivity contribution < 1.29 is 4.74 Å². The van der Waals surface area contributed by atoms with Crippen LogP contribution in [0, 0.1) is 12.8 Å². The average Bonchev–Trinajstić information content (AvgIpc) is 2.30. The van der Waals surface area contributed by atoms with Gasteiger partial charge in [0, 0.05) is 31.9 Å². The fourth-order valence-corrected chi connectivity index (χ4v) is 2.28. The summed E-state index contributed by atoms with van der Waals surface area (Å²) >= 11 is 0. The van der Waals surface area contributed by atoms with Gasteiger partial charge in [0.25, 0.3) is 0 Å². The van der Waals surface area contributed by atoms with Gasteiger partial charge in [0.05, 0.1) is 12.3 Å². The summed E-state index contributed by atoms with van der Waals surface area (Å²) in [5.41, 5.74) is 8.01. The first kappa shape index (κ1) is 15.1. The highest BCUT2D eigenvalue weighted by molar-refractivity contribution is 5.09. The Morgan fingerprint density at radius 3 is 2.72 bits per heavy atom. The van der Waals surface area contributed by atoms with E-state index in [1.54, 1.807) is 7.11 Å². The fourth-order valence-electron chi connectivity index (χ4n) is 2.28. The molecule has 2 atom stereocenters. The van der Waals surface area contributed by atoms with Crippen LogP contribution in [-0.4, -0.2) is 43.2 Å². The normalized spacial score (nSPS) is 14.8. The maximum atomic E-state index is 5.87. The number of pyridine rings is 1. The van der Waals surface area contributed by atoms with Crippen LogP contribution in [0.15, 0.2) is 18.2 Å². The van der Waals surface area contributed by atoms with Gasteiger partial charge in [-0.15, -0.1) is 0 Å². The predicted molar refractivity (Wildman–Crippen MR) is 74.3 cm³/mol. The minimum Gasteiger partial charge on any atom is -0.384 e. The van der Waals surface area contributed by atoms with Gasteiger partial charge < -0.3 is 10.5 Å². The van der Waals surface area contributed by atoms with Crippen LogP contribution in [0.1, 0.15) is 18.3 Å². The number of hydrogen-bond donors (Lipinski definition) is 1. The Bertz CT molecular complexity index is 357. The monoisotopic (exact) mass is 251 g/mol. The van der Waals surface area contributed by atoms with Gasteiger partial charge in [-0.1, -0.05) is 13.0 Å². The van der Waals surface area contributed by atoms with Crippen LogP contribution in [0.3, 0.4) is 0 Å². The molecule has 102 valence electrons. The number of rotatable bonds is 7. The number of hydrogen-bond acceptors (Lipinski definition) is 4. The molecule has 1 rings (SSSR count). The lowest BCUT2D eigenvalue weighted by atomic mass is 10.0. The van der Waals surface area contributed by atoms with Gasteiger partial charge in [-0.2, -0.15) is 0 Å². The number of aromatic nitrogens is 1. The number of methoxy groups -OCH3 is 1. The van der Waals surface area contributed by atoms with Crippen molar-refractivity contribution in [3.8, 4) is 0 Å². The average molecular weight is 251 g/mol. The van der Waals surface area contributed by atoms with Crippen LogP contribution in [0.25, 0.3) is 0 Å². The zero-order valence-corrected chi connectivity index (χ0v) is 11.9. The summed E-state index contributed by atoms with van der Waals surface area (Å²) in [6.45, 7) is 6.36. The third kappa shape index (κ3) is 4.37. The second-order valence-electron chi connectivity index (χ2n) is 4.92. The van der Waals surface area contributed by atoms with Crippen molar-refractivity contribution in [3.63, 3.8) is 0 Å². The zero-order valence-electron chi connectivity index (χ0n) is 11.9. The van der Waals surface area contributed by atoms with Crippen LogP contribution >= 0.6 is 0 Å². The molecule has 0 fully saturated rings. The third-order valence-electron chi connectivity index (χ3n) is 3.25. The topological polar surface area (TPSA) is 51.4 Å². The summed E-state index contributed by atoms with van der Waals surface area (Å²) in [5, 5.41) is 0. The lowest BCUT2D eigenvalue weighted by Crippen LogP contribution is -2.43. The number of ether oxygens (including phenoxy) is 1. The Morgan fingerprint density at radius 1 is 1.44 bits per heavy atom. The van der Waals surface area contributed by atoms with Gasteiger partial charge in [-0.25, -0.2) is 0 Å². The molecule has 2 unspecified atom stereocenters. The summed E-state index contributed by atoms with van der Waals surface area (Å²) < 4.78 is 5.21. The molecule has 2 N–H and O–H groups in total. The molecule has 0 saturated heterocycles. The van der Waals surface area contributed by atoms with Gasteiger partial charge in [-0.05, 0) is 32.0 Å². The molecule has 0 aliphatic heterocycles. The van der Waals surface area contributed by atoms with Crippen molar-refractivity contribution in [2.75, 3.05) is 27.3 Å². The van der Waals surface area contributed by atoms with E-state index in [2.05, 4.69) is 29.9 Å². The Balaban J connectivity index is 2.64. The van der Waals surface area contributed by atoms with E-state index < -0.39 is 0 Å². The van der Waals surface area contributed by atoms with Gasteiger partial charge in [0.15, 0.2) is 0 Å². The number of nitrogens with two attached hydrogens (primary N) is 1. The highest BCUT2D eigenvalue weighted by Gasteiger charge is 2.20. The summed E-state index contributed by atoms with van der Waals surface area (Å²) in [5.74, 6) is 0.412. The smallest absolute Gasteiger partial charge is 0.0547 e. The standard InChI is InChI=1S/C14H25N3O/c1-11(10-18-4)14(8-15)17(3)9-13-7-5-6-12(2)16-13/h5-7,11,14H,8-10,15H2,1-4H3. The first-order valence-electron chi connectivity index (χ1n) is 6.40. The molecule has 1 aromatic rings. The van der Waals surface area contributed by atoms with E-state index in [9.17, 15) is 0 Å². The van der Waals surface area contributed by atoms with Crippen molar-refractivity contribution in [1.82, 2.24) is 9.88 Å². The van der Waals surface area contributed by atoms with Crippen molar-refractivity contribution in [1.29, 1.82) is 0 Å². The zero-order chi connectivity index (χ0) is 13.5. The summed E-state index contributed by atoms with van der Waals surface area (Å²) in [7, 11) is 3.82. The summed E-state index contributed by atoms with van der Waals surface area (Å²) in [6.07, 6.45) is 0. The van der Waals surface area contributed by atoms with E-state index in [0.29, 0.717) is 18.5 Å². The molecule has 0 amide bonds. The number of aryl methyl sites for hydroxylation is 1. The lowest BCUT2D eigenvalue weighted by Gasteiger charge is -2.31. The first-order chi connectivity index (χ1) is 8.58. The molecule has 1 heterocycles. The van der Waals surface area contributed by atoms with E-state index in [1.165, 1.54) is 0 Å². The van der Waals surface area contributed by atoms with E-state index in [0.717, 1.165) is 24.5 Å². The van der Waals surface area contributed by atoms with Crippen molar-refractivity contribution in [2.45, 2.75) is 26.4 Å². The van der Waals surface area contributed by atoms with Crippen molar-refractivity contribution >= 4 is 0 Å². The highest BCUT2D eigenvalue weighted by atomic mass is 16.5.